The van der Waals surface area contributed by atoms with Crippen molar-refractivity contribution in [2.75, 3.05) is 13.1 Å². The zero-order chi connectivity index (χ0) is 15.5. The van der Waals surface area contributed by atoms with Gasteiger partial charge >= 0.3 is 5.97 Å². The number of rotatable bonds is 4. The fourth-order valence-corrected chi connectivity index (χ4v) is 2.82. The number of carbonyl (C=O) groups excluding carboxylic acids is 1. The largest absolute Gasteiger partial charge is 0.481 e. The molecule has 2 heterocycles. The van der Waals surface area contributed by atoms with Gasteiger partial charge in [-0.25, -0.2) is 0 Å². The predicted molar refractivity (Wildman–Crippen MR) is 77.6 cm³/mol. The molecule has 0 radical (unpaired) electrons. The van der Waals surface area contributed by atoms with Crippen LogP contribution in [0.2, 0.25) is 0 Å². The first-order chi connectivity index (χ1) is 10.0. The molecule has 0 bridgehead atoms. The standard InChI is InChI=1S/C15H21N3O3/c1-2-15(14(20)21)5-3-7-18(10-15)13(19)11-4-6-17-12(8-11)9-16/h4,6,8H,2-3,5,7,9-10,16H2,1H3,(H,20,21). The highest BCUT2D eigenvalue weighted by molar-refractivity contribution is 5.94. The average Bonchev–Trinajstić information content (AvgIpc) is 2.54. The van der Waals surface area contributed by atoms with E-state index in [1.807, 2.05) is 6.92 Å². The maximum atomic E-state index is 12.6. The van der Waals surface area contributed by atoms with E-state index in [9.17, 15) is 14.7 Å². The van der Waals surface area contributed by atoms with Gasteiger partial charge in [-0.05, 0) is 31.4 Å². The van der Waals surface area contributed by atoms with E-state index in [2.05, 4.69) is 4.98 Å². The van der Waals surface area contributed by atoms with E-state index in [-0.39, 0.29) is 19.0 Å². The normalized spacial score (nSPS) is 22.1. The van der Waals surface area contributed by atoms with Crippen LogP contribution in [0.4, 0.5) is 0 Å². The van der Waals surface area contributed by atoms with E-state index < -0.39 is 11.4 Å². The maximum Gasteiger partial charge on any atom is 0.311 e. The number of carboxylic acid groups (broad SMARTS) is 1. The molecule has 3 N–H and O–H groups in total. The zero-order valence-electron chi connectivity index (χ0n) is 12.2. The second-order valence-corrected chi connectivity index (χ2v) is 5.51. The molecule has 6 heteroatoms. The molecule has 1 aromatic heterocycles. The third-order valence-electron chi connectivity index (χ3n) is 4.27. The van der Waals surface area contributed by atoms with Gasteiger partial charge in [0.05, 0.1) is 11.1 Å². The number of nitrogens with zero attached hydrogens (tertiary/aromatic N) is 2. The van der Waals surface area contributed by atoms with E-state index in [0.717, 1.165) is 0 Å². The summed E-state index contributed by atoms with van der Waals surface area (Å²) in [7, 11) is 0. The Morgan fingerprint density at radius 2 is 2.29 bits per heavy atom. The molecule has 0 saturated carbocycles. The van der Waals surface area contributed by atoms with Crippen LogP contribution in [0.25, 0.3) is 0 Å². The number of carboxylic acids is 1. The van der Waals surface area contributed by atoms with E-state index in [4.69, 9.17) is 5.73 Å². The molecule has 21 heavy (non-hydrogen) atoms. The molecule has 1 aliphatic heterocycles. The summed E-state index contributed by atoms with van der Waals surface area (Å²) < 4.78 is 0. The lowest BCUT2D eigenvalue weighted by molar-refractivity contribution is -0.152. The number of carbonyl (C=O) groups is 2. The van der Waals surface area contributed by atoms with Gasteiger partial charge in [0.1, 0.15) is 0 Å². The first-order valence-electron chi connectivity index (χ1n) is 7.20. The number of piperidine rings is 1. The van der Waals surface area contributed by atoms with Gasteiger partial charge in [0, 0.05) is 31.4 Å². The van der Waals surface area contributed by atoms with Gasteiger partial charge in [-0.15, -0.1) is 0 Å². The van der Waals surface area contributed by atoms with Crippen LogP contribution in [0, 0.1) is 5.41 Å². The van der Waals surface area contributed by atoms with Gasteiger partial charge in [0.15, 0.2) is 0 Å². The van der Waals surface area contributed by atoms with E-state index in [1.54, 1.807) is 23.2 Å². The summed E-state index contributed by atoms with van der Waals surface area (Å²) in [5, 5.41) is 9.48. The Morgan fingerprint density at radius 3 is 2.90 bits per heavy atom. The average molecular weight is 291 g/mol. The van der Waals surface area contributed by atoms with Gasteiger partial charge in [-0.3, -0.25) is 14.6 Å². The van der Waals surface area contributed by atoms with Crippen molar-refractivity contribution in [2.24, 2.45) is 11.1 Å². The summed E-state index contributed by atoms with van der Waals surface area (Å²) in [6.45, 7) is 2.99. The quantitative estimate of drug-likeness (QED) is 0.870. The van der Waals surface area contributed by atoms with E-state index in [1.165, 1.54) is 0 Å². The molecule has 0 aliphatic carbocycles. The first kappa shape index (κ1) is 15.4. The summed E-state index contributed by atoms with van der Waals surface area (Å²) in [6, 6.07) is 3.32. The van der Waals surface area contributed by atoms with Crippen molar-refractivity contribution in [3.05, 3.63) is 29.6 Å². The predicted octanol–water partition coefficient (Wildman–Crippen LogP) is 1.26. The smallest absolute Gasteiger partial charge is 0.311 e. The summed E-state index contributed by atoms with van der Waals surface area (Å²) in [5.41, 5.74) is 5.88. The Bertz CT molecular complexity index is 547. The SMILES string of the molecule is CCC1(C(=O)O)CCCN(C(=O)c2ccnc(CN)c2)C1. The highest BCUT2D eigenvalue weighted by Gasteiger charge is 2.42. The summed E-state index contributed by atoms with van der Waals surface area (Å²) in [6.07, 6.45) is 3.41. The fourth-order valence-electron chi connectivity index (χ4n) is 2.82. The molecule has 114 valence electrons. The number of hydrogen-bond donors (Lipinski definition) is 2. The van der Waals surface area contributed by atoms with Crippen LogP contribution in [-0.2, 0) is 11.3 Å². The third-order valence-corrected chi connectivity index (χ3v) is 4.27. The summed E-state index contributed by atoms with van der Waals surface area (Å²) in [4.78, 5) is 29.8. The Balaban J connectivity index is 2.20. The first-order valence-corrected chi connectivity index (χ1v) is 7.20. The minimum absolute atomic E-state index is 0.147. The van der Waals surface area contributed by atoms with Gasteiger partial charge in [0.2, 0.25) is 0 Å². The van der Waals surface area contributed by atoms with Crippen molar-refractivity contribution < 1.29 is 14.7 Å². The van der Waals surface area contributed by atoms with Crippen molar-refractivity contribution in [1.29, 1.82) is 0 Å². The number of amides is 1. The Hall–Kier alpha value is -1.95. The van der Waals surface area contributed by atoms with Crippen LogP contribution >= 0.6 is 0 Å². The molecule has 1 amide bonds. The number of likely N-dealkylation sites (tertiary alicyclic amines) is 1. The Kier molecular flexibility index (Phi) is 4.57. The lowest BCUT2D eigenvalue weighted by Gasteiger charge is -2.39. The lowest BCUT2D eigenvalue weighted by atomic mass is 9.77. The Labute approximate surface area is 124 Å². The van der Waals surface area contributed by atoms with Crippen molar-refractivity contribution in [2.45, 2.75) is 32.7 Å². The molecule has 1 aliphatic rings. The van der Waals surface area contributed by atoms with Crippen LogP contribution in [0.5, 0.6) is 0 Å². The number of nitrogens with two attached hydrogens (primary N) is 1. The third kappa shape index (κ3) is 3.05. The van der Waals surface area contributed by atoms with E-state index in [0.29, 0.717) is 37.1 Å². The van der Waals surface area contributed by atoms with Crippen molar-refractivity contribution >= 4 is 11.9 Å². The monoisotopic (exact) mass is 291 g/mol. The second kappa shape index (κ2) is 6.22. The molecule has 1 unspecified atom stereocenters. The molecule has 1 fully saturated rings. The molecular weight excluding hydrogens is 270 g/mol. The fraction of sp³-hybridized carbons (Fsp3) is 0.533. The summed E-state index contributed by atoms with van der Waals surface area (Å²) in [5.74, 6) is -0.967. The van der Waals surface area contributed by atoms with Crippen molar-refractivity contribution in [3.63, 3.8) is 0 Å². The number of pyridine rings is 1. The van der Waals surface area contributed by atoms with E-state index >= 15 is 0 Å². The minimum Gasteiger partial charge on any atom is -0.481 e. The molecule has 0 spiro atoms. The molecule has 2 rings (SSSR count). The lowest BCUT2D eigenvalue weighted by Crippen LogP contribution is -2.49. The molecule has 1 atom stereocenters. The molecule has 1 saturated heterocycles. The van der Waals surface area contributed by atoms with Crippen molar-refractivity contribution in [3.8, 4) is 0 Å². The minimum atomic E-state index is -0.822. The van der Waals surface area contributed by atoms with Crippen LogP contribution in [-0.4, -0.2) is 40.0 Å². The topological polar surface area (TPSA) is 96.5 Å². The molecule has 0 aromatic carbocycles. The number of aliphatic carboxylic acids is 1. The van der Waals surface area contributed by atoms with Crippen molar-refractivity contribution in [1.82, 2.24) is 9.88 Å². The Morgan fingerprint density at radius 1 is 1.52 bits per heavy atom. The van der Waals surface area contributed by atoms with Crippen LogP contribution in [0.15, 0.2) is 18.3 Å². The van der Waals surface area contributed by atoms with Crippen LogP contribution in [0.3, 0.4) is 0 Å². The molecule has 6 nitrogen and oxygen atoms in total. The van der Waals surface area contributed by atoms with Gasteiger partial charge < -0.3 is 15.7 Å². The molecular formula is C15H21N3O3. The second-order valence-electron chi connectivity index (χ2n) is 5.51. The molecule has 1 aromatic rings. The summed E-state index contributed by atoms with van der Waals surface area (Å²) >= 11 is 0. The van der Waals surface area contributed by atoms with Gasteiger partial charge in [-0.2, -0.15) is 0 Å². The highest BCUT2D eigenvalue weighted by atomic mass is 16.4. The zero-order valence-corrected chi connectivity index (χ0v) is 12.2. The van der Waals surface area contributed by atoms with Crippen LogP contribution in [0.1, 0.15) is 42.2 Å². The number of hydrogen-bond acceptors (Lipinski definition) is 4. The van der Waals surface area contributed by atoms with Crippen LogP contribution < -0.4 is 5.73 Å². The highest BCUT2D eigenvalue weighted by Crippen LogP contribution is 2.34. The van der Waals surface area contributed by atoms with Gasteiger partial charge in [-0.1, -0.05) is 6.92 Å². The van der Waals surface area contributed by atoms with Gasteiger partial charge in [0.25, 0.3) is 5.91 Å². The maximum absolute atomic E-state index is 12.6. The number of aromatic nitrogens is 1.